The van der Waals surface area contributed by atoms with Crippen molar-refractivity contribution >= 4 is 5.97 Å². The van der Waals surface area contributed by atoms with E-state index >= 15 is 0 Å². The molecule has 0 radical (unpaired) electrons. The van der Waals surface area contributed by atoms with Crippen LogP contribution in [0.3, 0.4) is 0 Å². The minimum atomic E-state index is -0.0616. The molecule has 0 aromatic rings. The van der Waals surface area contributed by atoms with Crippen LogP contribution in [0.2, 0.25) is 0 Å². The van der Waals surface area contributed by atoms with Crippen molar-refractivity contribution in [3.05, 3.63) is 0 Å². The van der Waals surface area contributed by atoms with Crippen LogP contribution in [0, 0.1) is 16.7 Å². The predicted octanol–water partition coefficient (Wildman–Crippen LogP) is 3.40. The summed E-state index contributed by atoms with van der Waals surface area (Å²) in [5.41, 5.74) is 0.723. The van der Waals surface area contributed by atoms with Gasteiger partial charge in [0.15, 0.2) is 0 Å². The van der Waals surface area contributed by atoms with Crippen molar-refractivity contribution in [2.24, 2.45) is 16.7 Å². The Balaban J connectivity index is 2.63. The van der Waals surface area contributed by atoms with Gasteiger partial charge < -0.3 is 4.74 Å². The summed E-state index contributed by atoms with van der Waals surface area (Å²) in [6.07, 6.45) is 4.12. The molecule has 1 saturated carbocycles. The molecule has 0 aromatic carbocycles. The first-order chi connectivity index (χ1) is 6.74. The van der Waals surface area contributed by atoms with E-state index in [1.807, 2.05) is 0 Å². The number of carbonyl (C=O) groups is 1. The first-order valence-corrected chi connectivity index (χ1v) is 5.81. The second-order valence-electron chi connectivity index (χ2n) is 6.56. The zero-order valence-corrected chi connectivity index (χ0v) is 10.7. The Bertz CT molecular complexity index is 225. The topological polar surface area (TPSA) is 26.3 Å². The lowest BCUT2D eigenvalue weighted by Gasteiger charge is -2.44. The number of hydrogen-bond donors (Lipinski definition) is 0. The fraction of sp³-hybridized carbons (Fsp3) is 0.923. The third kappa shape index (κ3) is 3.84. The van der Waals surface area contributed by atoms with Crippen LogP contribution in [-0.4, -0.2) is 13.1 Å². The number of esters is 1. The highest BCUT2D eigenvalue weighted by atomic mass is 16.5. The lowest BCUT2D eigenvalue weighted by atomic mass is 9.61. The number of hydrogen-bond acceptors (Lipinski definition) is 2. The van der Waals surface area contributed by atoms with Gasteiger partial charge in [0.25, 0.3) is 0 Å². The Hall–Kier alpha value is -0.530. The van der Waals surface area contributed by atoms with Gasteiger partial charge in [0.2, 0.25) is 0 Å². The zero-order chi connectivity index (χ0) is 11.7. The van der Waals surface area contributed by atoms with Gasteiger partial charge in [-0.2, -0.15) is 0 Å². The molecule has 0 aromatic heterocycles. The van der Waals surface area contributed by atoms with Crippen molar-refractivity contribution in [3.63, 3.8) is 0 Å². The molecule has 0 aliphatic heterocycles. The van der Waals surface area contributed by atoms with E-state index in [9.17, 15) is 4.79 Å². The van der Waals surface area contributed by atoms with Gasteiger partial charge in [-0.1, -0.05) is 27.7 Å². The van der Waals surface area contributed by atoms with Gasteiger partial charge >= 0.3 is 5.97 Å². The molecule has 0 heterocycles. The summed E-state index contributed by atoms with van der Waals surface area (Å²) < 4.78 is 4.75. The Labute approximate surface area is 93.4 Å². The van der Waals surface area contributed by atoms with Gasteiger partial charge in [-0.05, 0) is 36.0 Å². The van der Waals surface area contributed by atoms with E-state index in [0.717, 1.165) is 12.8 Å². The Morgan fingerprint density at radius 2 is 1.67 bits per heavy atom. The maximum absolute atomic E-state index is 11.3. The fourth-order valence-electron chi connectivity index (χ4n) is 3.54. The van der Waals surface area contributed by atoms with Crippen LogP contribution >= 0.6 is 0 Å². The minimum Gasteiger partial charge on any atom is -0.469 e. The molecule has 15 heavy (non-hydrogen) atoms. The minimum absolute atomic E-state index is 0.0616. The second kappa shape index (κ2) is 4.15. The molecule has 0 atom stereocenters. The van der Waals surface area contributed by atoms with E-state index in [1.54, 1.807) is 0 Å². The van der Waals surface area contributed by atoms with Gasteiger partial charge in [0.1, 0.15) is 0 Å². The van der Waals surface area contributed by atoms with Crippen LogP contribution in [0.5, 0.6) is 0 Å². The zero-order valence-electron chi connectivity index (χ0n) is 10.7. The Morgan fingerprint density at radius 1 is 1.20 bits per heavy atom. The largest absolute Gasteiger partial charge is 0.469 e. The van der Waals surface area contributed by atoms with E-state index in [-0.39, 0.29) is 5.97 Å². The number of ether oxygens (including phenoxy) is 1. The van der Waals surface area contributed by atoms with Crippen molar-refractivity contribution in [2.45, 2.75) is 53.4 Å². The molecule has 1 aliphatic rings. The number of methoxy groups -OCH3 is 1. The summed E-state index contributed by atoms with van der Waals surface area (Å²) in [5.74, 6) is 0.435. The highest BCUT2D eigenvalue weighted by molar-refractivity contribution is 5.69. The average molecular weight is 212 g/mol. The third-order valence-electron chi connectivity index (χ3n) is 3.32. The highest BCUT2D eigenvalue weighted by Gasteiger charge is 2.38. The fourth-order valence-corrected chi connectivity index (χ4v) is 3.54. The summed E-state index contributed by atoms with van der Waals surface area (Å²) in [5, 5.41) is 0. The van der Waals surface area contributed by atoms with Crippen LogP contribution in [0.4, 0.5) is 0 Å². The molecule has 0 unspecified atom stereocenters. The maximum atomic E-state index is 11.3. The van der Waals surface area contributed by atoms with Gasteiger partial charge in [0, 0.05) is 6.42 Å². The van der Waals surface area contributed by atoms with Crippen molar-refractivity contribution in [2.75, 3.05) is 7.11 Å². The summed E-state index contributed by atoms with van der Waals surface area (Å²) >= 11 is 0. The predicted molar refractivity (Wildman–Crippen MR) is 61.5 cm³/mol. The monoisotopic (exact) mass is 212 g/mol. The summed E-state index contributed by atoms with van der Waals surface area (Å²) in [4.78, 5) is 11.3. The molecular weight excluding hydrogens is 188 g/mol. The molecule has 0 N–H and O–H groups in total. The molecule has 0 amide bonds. The quantitative estimate of drug-likeness (QED) is 0.656. The SMILES string of the molecule is COC(=O)CC1CC(C)(C)CC(C)(C)C1. The summed E-state index contributed by atoms with van der Waals surface area (Å²) in [6.45, 7) is 9.22. The van der Waals surface area contributed by atoms with Crippen LogP contribution in [0.15, 0.2) is 0 Å². The van der Waals surface area contributed by atoms with E-state index in [1.165, 1.54) is 13.5 Å². The summed E-state index contributed by atoms with van der Waals surface area (Å²) in [7, 11) is 1.47. The first kappa shape index (κ1) is 12.5. The van der Waals surface area contributed by atoms with Crippen LogP contribution in [-0.2, 0) is 9.53 Å². The van der Waals surface area contributed by atoms with Crippen molar-refractivity contribution in [1.82, 2.24) is 0 Å². The third-order valence-corrected chi connectivity index (χ3v) is 3.32. The average Bonchev–Trinajstić information content (AvgIpc) is 1.97. The maximum Gasteiger partial charge on any atom is 0.305 e. The Kier molecular flexibility index (Phi) is 3.47. The van der Waals surface area contributed by atoms with Crippen LogP contribution < -0.4 is 0 Å². The van der Waals surface area contributed by atoms with Crippen LogP contribution in [0.1, 0.15) is 53.4 Å². The molecule has 2 heteroatoms. The standard InChI is InChI=1S/C13H24O2/c1-12(2)7-10(6-11(14)15-5)8-13(3,4)9-12/h10H,6-9H2,1-5H3. The molecule has 1 fully saturated rings. The van der Waals surface area contributed by atoms with Gasteiger partial charge in [-0.3, -0.25) is 4.79 Å². The molecule has 1 rings (SSSR count). The van der Waals surface area contributed by atoms with E-state index in [4.69, 9.17) is 4.74 Å². The summed E-state index contributed by atoms with van der Waals surface area (Å²) in [6, 6.07) is 0. The molecule has 0 saturated heterocycles. The second-order valence-corrected chi connectivity index (χ2v) is 6.56. The van der Waals surface area contributed by atoms with E-state index in [2.05, 4.69) is 27.7 Å². The smallest absolute Gasteiger partial charge is 0.305 e. The first-order valence-electron chi connectivity index (χ1n) is 5.81. The van der Waals surface area contributed by atoms with Crippen molar-refractivity contribution in [3.8, 4) is 0 Å². The van der Waals surface area contributed by atoms with E-state index in [0.29, 0.717) is 23.2 Å². The number of rotatable bonds is 2. The normalized spacial score (nSPS) is 24.9. The molecule has 88 valence electrons. The molecule has 0 spiro atoms. The molecular formula is C13H24O2. The lowest BCUT2D eigenvalue weighted by molar-refractivity contribution is -0.142. The highest BCUT2D eigenvalue weighted by Crippen LogP contribution is 2.49. The van der Waals surface area contributed by atoms with E-state index < -0.39 is 0 Å². The van der Waals surface area contributed by atoms with Gasteiger partial charge in [-0.15, -0.1) is 0 Å². The Morgan fingerprint density at radius 3 is 2.07 bits per heavy atom. The van der Waals surface area contributed by atoms with Gasteiger partial charge in [0.05, 0.1) is 7.11 Å². The van der Waals surface area contributed by atoms with Gasteiger partial charge in [-0.25, -0.2) is 0 Å². The molecule has 2 nitrogen and oxygen atoms in total. The van der Waals surface area contributed by atoms with Crippen LogP contribution in [0.25, 0.3) is 0 Å². The molecule has 0 bridgehead atoms. The lowest BCUT2D eigenvalue weighted by Crippen LogP contribution is -2.34. The molecule has 1 aliphatic carbocycles. The number of carbonyl (C=O) groups excluding carboxylic acids is 1. The van der Waals surface area contributed by atoms with Crippen molar-refractivity contribution in [1.29, 1.82) is 0 Å². The van der Waals surface area contributed by atoms with Crippen molar-refractivity contribution < 1.29 is 9.53 Å².